The van der Waals surface area contributed by atoms with Gasteiger partial charge in [-0.3, -0.25) is 0 Å². The highest BCUT2D eigenvalue weighted by Crippen LogP contribution is 2.24. The van der Waals surface area contributed by atoms with E-state index in [1.807, 2.05) is 0 Å². The van der Waals surface area contributed by atoms with Crippen LogP contribution < -0.4 is 11.1 Å². The van der Waals surface area contributed by atoms with E-state index < -0.39 is 0 Å². The molecule has 1 aliphatic heterocycles. The van der Waals surface area contributed by atoms with Gasteiger partial charge in [0.15, 0.2) is 0 Å². The van der Waals surface area contributed by atoms with Gasteiger partial charge in [-0.2, -0.15) is 0 Å². The second-order valence-electron chi connectivity index (χ2n) is 4.88. The fraction of sp³-hybridized carbons (Fsp3) is 1.00. The van der Waals surface area contributed by atoms with Crippen LogP contribution in [0.15, 0.2) is 0 Å². The Bertz CT molecular complexity index is 168. The van der Waals surface area contributed by atoms with E-state index in [4.69, 9.17) is 5.73 Å². The molecule has 3 atom stereocenters. The van der Waals surface area contributed by atoms with Crippen LogP contribution in [-0.2, 0) is 0 Å². The standard InChI is InChI=1S/C12H27N3/c1-4-10(8-13)12(14-2)11-6-5-7-15(3)9-11/h10-12,14H,4-9,13H2,1-3H3. The first-order chi connectivity index (χ1) is 7.22. The molecule has 0 saturated carbocycles. The summed E-state index contributed by atoms with van der Waals surface area (Å²) in [5.41, 5.74) is 5.85. The molecule has 3 unspecified atom stereocenters. The molecule has 0 aliphatic carbocycles. The minimum absolute atomic E-state index is 0.600. The average molecular weight is 213 g/mol. The topological polar surface area (TPSA) is 41.3 Å². The van der Waals surface area contributed by atoms with Gasteiger partial charge in [0, 0.05) is 12.6 Å². The highest BCUT2D eigenvalue weighted by atomic mass is 15.1. The molecule has 0 amide bonds. The van der Waals surface area contributed by atoms with Crippen LogP contribution in [0.1, 0.15) is 26.2 Å². The summed E-state index contributed by atoms with van der Waals surface area (Å²) in [4.78, 5) is 2.45. The van der Waals surface area contributed by atoms with Crippen molar-refractivity contribution in [3.8, 4) is 0 Å². The fourth-order valence-corrected chi connectivity index (χ4v) is 2.92. The van der Waals surface area contributed by atoms with Gasteiger partial charge in [-0.05, 0) is 51.9 Å². The molecule has 1 saturated heterocycles. The normalized spacial score (nSPS) is 27.6. The molecule has 1 heterocycles. The molecule has 3 heteroatoms. The van der Waals surface area contributed by atoms with Crippen LogP contribution in [0.5, 0.6) is 0 Å². The predicted octanol–water partition coefficient (Wildman–Crippen LogP) is 0.901. The van der Waals surface area contributed by atoms with Gasteiger partial charge in [0.25, 0.3) is 0 Å². The summed E-state index contributed by atoms with van der Waals surface area (Å²) in [7, 11) is 4.31. The van der Waals surface area contributed by atoms with Crippen LogP contribution in [0, 0.1) is 11.8 Å². The zero-order valence-corrected chi connectivity index (χ0v) is 10.5. The third kappa shape index (κ3) is 3.44. The molecule has 0 aromatic rings. The second kappa shape index (κ2) is 6.46. The Labute approximate surface area is 94.4 Å². The molecule has 0 aromatic heterocycles. The first-order valence-electron chi connectivity index (χ1n) is 6.28. The Morgan fingerprint density at radius 3 is 2.73 bits per heavy atom. The van der Waals surface area contributed by atoms with E-state index in [-0.39, 0.29) is 0 Å². The van der Waals surface area contributed by atoms with Crippen LogP contribution in [0.25, 0.3) is 0 Å². The van der Waals surface area contributed by atoms with E-state index in [0.29, 0.717) is 12.0 Å². The summed E-state index contributed by atoms with van der Waals surface area (Å²) in [5.74, 6) is 1.41. The molecular formula is C12H27N3. The molecule has 1 aliphatic rings. The molecular weight excluding hydrogens is 186 g/mol. The first kappa shape index (κ1) is 12.9. The minimum atomic E-state index is 0.600. The highest BCUT2D eigenvalue weighted by Gasteiger charge is 2.29. The maximum atomic E-state index is 5.85. The lowest BCUT2D eigenvalue weighted by Crippen LogP contribution is -2.48. The number of nitrogens with two attached hydrogens (primary N) is 1. The summed E-state index contributed by atoms with van der Waals surface area (Å²) in [6, 6.07) is 0.600. The number of nitrogens with one attached hydrogen (secondary N) is 1. The lowest BCUT2D eigenvalue weighted by molar-refractivity contribution is 0.147. The molecule has 1 fully saturated rings. The maximum Gasteiger partial charge on any atom is 0.0145 e. The van der Waals surface area contributed by atoms with Gasteiger partial charge in [0.1, 0.15) is 0 Å². The lowest BCUT2D eigenvalue weighted by Gasteiger charge is -2.38. The van der Waals surface area contributed by atoms with Crippen molar-refractivity contribution in [1.29, 1.82) is 0 Å². The van der Waals surface area contributed by atoms with Crippen LogP contribution in [0.4, 0.5) is 0 Å². The molecule has 0 spiro atoms. The quantitative estimate of drug-likeness (QED) is 0.713. The molecule has 0 bridgehead atoms. The van der Waals surface area contributed by atoms with E-state index in [2.05, 4.69) is 31.2 Å². The van der Waals surface area contributed by atoms with Gasteiger partial charge in [0.05, 0.1) is 0 Å². The number of hydrogen-bond donors (Lipinski definition) is 2. The highest BCUT2D eigenvalue weighted by molar-refractivity contribution is 4.86. The average Bonchev–Trinajstić information content (AvgIpc) is 2.25. The van der Waals surface area contributed by atoms with Gasteiger partial charge in [0.2, 0.25) is 0 Å². The second-order valence-corrected chi connectivity index (χ2v) is 4.88. The molecule has 3 nitrogen and oxygen atoms in total. The first-order valence-corrected chi connectivity index (χ1v) is 6.28. The van der Waals surface area contributed by atoms with Crippen molar-refractivity contribution in [2.75, 3.05) is 33.7 Å². The number of nitrogens with zero attached hydrogens (tertiary/aromatic N) is 1. The molecule has 15 heavy (non-hydrogen) atoms. The third-order valence-electron chi connectivity index (χ3n) is 3.84. The van der Waals surface area contributed by atoms with Crippen molar-refractivity contribution >= 4 is 0 Å². The van der Waals surface area contributed by atoms with Crippen LogP contribution in [0.2, 0.25) is 0 Å². The van der Waals surface area contributed by atoms with Gasteiger partial charge >= 0.3 is 0 Å². The smallest absolute Gasteiger partial charge is 0.0145 e. The van der Waals surface area contributed by atoms with Crippen molar-refractivity contribution in [3.63, 3.8) is 0 Å². The molecule has 0 aromatic carbocycles. The monoisotopic (exact) mass is 213 g/mol. The van der Waals surface area contributed by atoms with E-state index in [1.165, 1.54) is 32.4 Å². The molecule has 0 radical (unpaired) electrons. The Morgan fingerprint density at radius 1 is 1.53 bits per heavy atom. The van der Waals surface area contributed by atoms with Crippen molar-refractivity contribution in [2.45, 2.75) is 32.2 Å². The Balaban J connectivity index is 2.55. The van der Waals surface area contributed by atoms with E-state index in [0.717, 1.165) is 12.5 Å². The van der Waals surface area contributed by atoms with Gasteiger partial charge in [-0.25, -0.2) is 0 Å². The number of piperidine rings is 1. The van der Waals surface area contributed by atoms with Crippen LogP contribution >= 0.6 is 0 Å². The van der Waals surface area contributed by atoms with Crippen molar-refractivity contribution in [2.24, 2.45) is 17.6 Å². The number of rotatable bonds is 5. The predicted molar refractivity (Wildman–Crippen MR) is 65.9 cm³/mol. The van der Waals surface area contributed by atoms with E-state index in [9.17, 15) is 0 Å². The SMILES string of the molecule is CCC(CN)C(NC)C1CCCN(C)C1. The van der Waals surface area contributed by atoms with Gasteiger partial charge in [-0.15, -0.1) is 0 Å². The Hall–Kier alpha value is -0.120. The Morgan fingerprint density at radius 2 is 2.27 bits per heavy atom. The largest absolute Gasteiger partial charge is 0.330 e. The number of hydrogen-bond acceptors (Lipinski definition) is 3. The summed E-state index contributed by atoms with van der Waals surface area (Å²) < 4.78 is 0. The summed E-state index contributed by atoms with van der Waals surface area (Å²) in [6.07, 6.45) is 3.87. The summed E-state index contributed by atoms with van der Waals surface area (Å²) in [5, 5.41) is 3.49. The van der Waals surface area contributed by atoms with E-state index in [1.54, 1.807) is 0 Å². The van der Waals surface area contributed by atoms with E-state index >= 15 is 0 Å². The van der Waals surface area contributed by atoms with Gasteiger partial charge < -0.3 is 16.0 Å². The zero-order valence-electron chi connectivity index (χ0n) is 10.5. The number of likely N-dealkylation sites (tertiary alicyclic amines) is 1. The summed E-state index contributed by atoms with van der Waals surface area (Å²) in [6.45, 7) is 5.53. The van der Waals surface area contributed by atoms with Crippen LogP contribution in [0.3, 0.4) is 0 Å². The van der Waals surface area contributed by atoms with Crippen molar-refractivity contribution < 1.29 is 0 Å². The molecule has 90 valence electrons. The van der Waals surface area contributed by atoms with Gasteiger partial charge in [-0.1, -0.05) is 13.3 Å². The fourth-order valence-electron chi connectivity index (χ4n) is 2.92. The lowest BCUT2D eigenvalue weighted by atomic mass is 9.82. The third-order valence-corrected chi connectivity index (χ3v) is 3.84. The van der Waals surface area contributed by atoms with Crippen molar-refractivity contribution in [1.82, 2.24) is 10.2 Å². The molecule has 3 N–H and O–H groups in total. The molecule has 1 rings (SSSR count). The van der Waals surface area contributed by atoms with Crippen molar-refractivity contribution in [3.05, 3.63) is 0 Å². The summed E-state index contributed by atoms with van der Waals surface area (Å²) >= 11 is 0. The van der Waals surface area contributed by atoms with Crippen LogP contribution in [-0.4, -0.2) is 44.7 Å². The Kier molecular flexibility index (Phi) is 5.58. The maximum absolute atomic E-state index is 5.85. The minimum Gasteiger partial charge on any atom is -0.330 e. The zero-order chi connectivity index (χ0) is 11.3.